The first-order chi connectivity index (χ1) is 12.5. The third-order valence-electron chi connectivity index (χ3n) is 4.85. The minimum atomic E-state index is -0.602. The second kappa shape index (κ2) is 6.02. The maximum atomic E-state index is 14.8. The Morgan fingerprint density at radius 1 is 1.27 bits per heavy atom. The summed E-state index contributed by atoms with van der Waals surface area (Å²) < 4.78 is 30.5. The molecule has 0 aliphatic carbocycles. The maximum Gasteiger partial charge on any atom is 0.255 e. The van der Waals surface area contributed by atoms with Crippen LogP contribution < -0.4 is 4.90 Å². The van der Waals surface area contributed by atoms with E-state index in [-0.39, 0.29) is 34.2 Å². The van der Waals surface area contributed by atoms with Gasteiger partial charge in [0.1, 0.15) is 29.8 Å². The van der Waals surface area contributed by atoms with E-state index in [9.17, 15) is 14.0 Å². The molecule has 0 radical (unpaired) electrons. The summed E-state index contributed by atoms with van der Waals surface area (Å²) in [6.45, 7) is 4.28. The minimum absolute atomic E-state index is 0.00162. The second-order valence-electron chi connectivity index (χ2n) is 6.51. The molecule has 0 N–H and O–H groups in total. The van der Waals surface area contributed by atoms with Gasteiger partial charge in [0.25, 0.3) is 5.78 Å². The second-order valence-corrected chi connectivity index (χ2v) is 6.51. The van der Waals surface area contributed by atoms with Gasteiger partial charge in [0.15, 0.2) is 5.69 Å². The molecule has 132 valence electrons. The molecule has 8 heteroatoms. The predicted molar refractivity (Wildman–Crippen MR) is 91.6 cm³/mol. The Balaban J connectivity index is 2.11. The summed E-state index contributed by atoms with van der Waals surface area (Å²) in [4.78, 5) is 10.3. The highest BCUT2D eigenvalue weighted by Crippen LogP contribution is 2.38. The van der Waals surface area contributed by atoms with Crippen LogP contribution in [0.25, 0.3) is 16.9 Å². The molecule has 0 saturated carbocycles. The number of halogens is 2. The van der Waals surface area contributed by atoms with Crippen LogP contribution in [-0.2, 0) is 0 Å². The summed E-state index contributed by atoms with van der Waals surface area (Å²) in [6.07, 6.45) is 3.26. The first-order valence-electron chi connectivity index (χ1n) is 8.37. The normalized spacial score (nSPS) is 17.0. The zero-order valence-electron chi connectivity index (χ0n) is 14.4. The van der Waals surface area contributed by atoms with E-state index in [1.807, 2.05) is 6.07 Å². The summed E-state index contributed by atoms with van der Waals surface area (Å²) in [6, 6.07) is 4.44. The molecule has 0 amide bonds. The van der Waals surface area contributed by atoms with Crippen molar-refractivity contribution >= 4 is 11.6 Å². The number of fused-ring (bicyclic) bond motifs is 1. The molecule has 1 aliphatic rings. The van der Waals surface area contributed by atoms with Crippen molar-refractivity contribution in [2.24, 2.45) is 0 Å². The van der Waals surface area contributed by atoms with Gasteiger partial charge in [-0.3, -0.25) is 0 Å². The molecule has 3 heterocycles. The van der Waals surface area contributed by atoms with Crippen LogP contribution in [0.5, 0.6) is 0 Å². The molecule has 1 saturated heterocycles. The van der Waals surface area contributed by atoms with Gasteiger partial charge in [-0.2, -0.15) is 24.8 Å². The Morgan fingerprint density at radius 3 is 2.77 bits per heavy atom. The van der Waals surface area contributed by atoms with Crippen molar-refractivity contribution in [3.8, 4) is 17.2 Å². The largest absolute Gasteiger partial charge is 0.353 e. The molecule has 2 aromatic heterocycles. The Hall–Kier alpha value is -3.08. The fourth-order valence-corrected chi connectivity index (χ4v) is 3.51. The number of hydrogen-bond acceptors (Lipinski definition) is 5. The highest BCUT2D eigenvalue weighted by Gasteiger charge is 2.30. The van der Waals surface area contributed by atoms with E-state index >= 15 is 0 Å². The Kier molecular flexibility index (Phi) is 3.80. The number of nitrogens with zero attached hydrogens (tertiary/aromatic N) is 6. The van der Waals surface area contributed by atoms with Gasteiger partial charge in [-0.1, -0.05) is 0 Å². The van der Waals surface area contributed by atoms with Gasteiger partial charge in [-0.25, -0.2) is 8.78 Å². The predicted octanol–water partition coefficient (Wildman–Crippen LogP) is 3.24. The lowest BCUT2D eigenvalue weighted by molar-refractivity contribution is 0.595. The van der Waals surface area contributed by atoms with Crippen molar-refractivity contribution < 1.29 is 8.78 Å². The van der Waals surface area contributed by atoms with Crippen LogP contribution in [0.15, 0.2) is 18.5 Å². The fraction of sp³-hybridized carbons (Fsp3) is 0.333. The van der Waals surface area contributed by atoms with Crippen molar-refractivity contribution in [3.63, 3.8) is 0 Å². The van der Waals surface area contributed by atoms with E-state index in [1.54, 1.807) is 0 Å². The molecule has 3 aromatic rings. The lowest BCUT2D eigenvalue weighted by atomic mass is 10.0. The number of aromatic nitrogens is 4. The molecule has 1 fully saturated rings. The van der Waals surface area contributed by atoms with Crippen LogP contribution in [0.4, 0.5) is 14.6 Å². The monoisotopic (exact) mass is 354 g/mol. The third-order valence-corrected chi connectivity index (χ3v) is 4.85. The molecule has 26 heavy (non-hydrogen) atoms. The summed E-state index contributed by atoms with van der Waals surface area (Å²) >= 11 is 0. The molecule has 1 unspecified atom stereocenters. The molecular weight excluding hydrogens is 338 g/mol. The van der Waals surface area contributed by atoms with Gasteiger partial charge in [0, 0.05) is 18.2 Å². The standard InChI is InChI=1S/C18H16F2N6/c1-10-6-14(20)12(7-13(10)19)16-15(8-21)24-18-22-9-23-26(18)17(16)25-5-3-4-11(25)2/h6-7,9,11H,3-5H2,1-2H3. The van der Waals surface area contributed by atoms with Crippen LogP contribution in [0.3, 0.4) is 0 Å². The highest BCUT2D eigenvalue weighted by molar-refractivity contribution is 5.82. The number of hydrogen-bond donors (Lipinski definition) is 0. The maximum absolute atomic E-state index is 14.8. The SMILES string of the molecule is Cc1cc(F)c(-c2c(C#N)nc3ncnn3c2N2CCCC2C)cc1F. The van der Waals surface area contributed by atoms with E-state index in [2.05, 4.69) is 26.9 Å². The average Bonchev–Trinajstić information content (AvgIpc) is 3.25. The zero-order chi connectivity index (χ0) is 18.4. The minimum Gasteiger partial charge on any atom is -0.353 e. The van der Waals surface area contributed by atoms with Crippen LogP contribution in [-0.4, -0.2) is 32.2 Å². The van der Waals surface area contributed by atoms with E-state index in [0.29, 0.717) is 5.82 Å². The van der Waals surface area contributed by atoms with Crippen molar-refractivity contribution in [3.05, 3.63) is 41.4 Å². The topological polar surface area (TPSA) is 70.1 Å². The van der Waals surface area contributed by atoms with Crippen molar-refractivity contribution in [1.82, 2.24) is 19.6 Å². The number of rotatable bonds is 2. The summed E-state index contributed by atoms with van der Waals surface area (Å²) in [5.74, 6) is -0.359. The Labute approximate surface area is 148 Å². The van der Waals surface area contributed by atoms with Gasteiger partial charge in [-0.05, 0) is 44.4 Å². The lowest BCUT2D eigenvalue weighted by Crippen LogP contribution is -2.30. The summed E-state index contributed by atoms with van der Waals surface area (Å²) in [7, 11) is 0. The number of benzene rings is 1. The van der Waals surface area contributed by atoms with Crippen LogP contribution in [0, 0.1) is 29.9 Å². The molecule has 1 aromatic carbocycles. The molecule has 1 aliphatic heterocycles. The zero-order valence-corrected chi connectivity index (χ0v) is 14.4. The number of anilines is 1. The summed E-state index contributed by atoms with van der Waals surface area (Å²) in [5, 5.41) is 13.8. The van der Waals surface area contributed by atoms with Crippen molar-refractivity contribution in [1.29, 1.82) is 5.26 Å². The Bertz CT molecular complexity index is 1050. The summed E-state index contributed by atoms with van der Waals surface area (Å²) in [5.41, 5.74) is 0.455. The molecular formula is C18H16F2N6. The van der Waals surface area contributed by atoms with E-state index < -0.39 is 11.6 Å². The highest BCUT2D eigenvalue weighted by atomic mass is 19.1. The molecule has 0 spiro atoms. The van der Waals surface area contributed by atoms with Gasteiger partial charge in [0.2, 0.25) is 0 Å². The number of aryl methyl sites for hydroxylation is 1. The fourth-order valence-electron chi connectivity index (χ4n) is 3.51. The average molecular weight is 354 g/mol. The van der Waals surface area contributed by atoms with Gasteiger partial charge >= 0.3 is 0 Å². The molecule has 4 rings (SSSR count). The lowest BCUT2D eigenvalue weighted by Gasteiger charge is -2.27. The molecule has 1 atom stereocenters. The Morgan fingerprint density at radius 2 is 2.08 bits per heavy atom. The van der Waals surface area contributed by atoms with Crippen molar-refractivity contribution in [2.75, 3.05) is 11.4 Å². The number of nitriles is 1. The van der Waals surface area contributed by atoms with Crippen LogP contribution >= 0.6 is 0 Å². The van der Waals surface area contributed by atoms with Gasteiger partial charge in [0.05, 0.1) is 5.56 Å². The van der Waals surface area contributed by atoms with Crippen LogP contribution in [0.2, 0.25) is 0 Å². The van der Waals surface area contributed by atoms with E-state index in [4.69, 9.17) is 0 Å². The van der Waals surface area contributed by atoms with Crippen molar-refractivity contribution in [2.45, 2.75) is 32.7 Å². The van der Waals surface area contributed by atoms with Gasteiger partial charge < -0.3 is 4.90 Å². The third kappa shape index (κ3) is 2.39. The van der Waals surface area contributed by atoms with Crippen LogP contribution in [0.1, 0.15) is 31.0 Å². The molecule has 6 nitrogen and oxygen atoms in total. The van der Waals surface area contributed by atoms with E-state index in [1.165, 1.54) is 17.8 Å². The quantitative estimate of drug-likeness (QED) is 0.707. The van der Waals surface area contributed by atoms with Gasteiger partial charge in [-0.15, -0.1) is 0 Å². The molecule has 0 bridgehead atoms. The first-order valence-corrected chi connectivity index (χ1v) is 8.37. The van der Waals surface area contributed by atoms with E-state index in [0.717, 1.165) is 31.5 Å². The smallest absolute Gasteiger partial charge is 0.255 e. The first kappa shape index (κ1) is 16.4.